The van der Waals surface area contributed by atoms with E-state index in [1.807, 2.05) is 44.2 Å². The third-order valence-electron chi connectivity index (χ3n) is 6.28. The number of hydrogen-bond donors (Lipinski definition) is 1. The molecule has 194 valence electrons. The molecule has 1 aromatic heterocycles. The van der Waals surface area contributed by atoms with Crippen LogP contribution in [0, 0.1) is 0 Å². The van der Waals surface area contributed by atoms with Crippen LogP contribution in [0.3, 0.4) is 0 Å². The number of benzene rings is 1. The Hall–Kier alpha value is -3.37. The Bertz CT molecular complexity index is 1030. The number of amides is 3. The lowest BCUT2D eigenvalue weighted by atomic mass is 10.0. The highest BCUT2D eigenvalue weighted by molar-refractivity contribution is 6.03. The molecule has 10 nitrogen and oxygen atoms in total. The summed E-state index contributed by atoms with van der Waals surface area (Å²) in [4.78, 5) is 30.4. The number of urea groups is 1. The first-order chi connectivity index (χ1) is 17.4. The highest BCUT2D eigenvalue weighted by atomic mass is 16.5. The third-order valence-corrected chi connectivity index (χ3v) is 6.28. The van der Waals surface area contributed by atoms with Crippen molar-refractivity contribution < 1.29 is 23.5 Å². The molecule has 3 amide bonds. The van der Waals surface area contributed by atoms with Gasteiger partial charge in [-0.3, -0.25) is 9.69 Å². The van der Waals surface area contributed by atoms with Crippen LogP contribution in [0.25, 0.3) is 0 Å². The van der Waals surface area contributed by atoms with Gasteiger partial charge in [-0.1, -0.05) is 0 Å². The van der Waals surface area contributed by atoms with Crippen molar-refractivity contribution in [3.63, 3.8) is 0 Å². The number of ether oxygens (including phenoxy) is 2. The van der Waals surface area contributed by atoms with Gasteiger partial charge in [-0.15, -0.1) is 0 Å². The molecule has 1 aromatic carbocycles. The minimum Gasteiger partial charge on any atom is -0.497 e. The quantitative estimate of drug-likeness (QED) is 0.572. The zero-order valence-electron chi connectivity index (χ0n) is 21.2. The summed E-state index contributed by atoms with van der Waals surface area (Å²) in [6.45, 7) is 7.81. The monoisotopic (exact) mass is 497 g/mol. The molecule has 0 radical (unpaired) electrons. The second-order valence-electron chi connectivity index (χ2n) is 9.23. The SMILES string of the molecule is COc1ccc(C2=NN(C(=O)CN(CCN3CCOCC3)C(=O)NC(C)C)[C@@H](c3ccco3)C2)cc1. The van der Waals surface area contributed by atoms with Crippen molar-refractivity contribution in [3.05, 3.63) is 54.0 Å². The fourth-order valence-corrected chi connectivity index (χ4v) is 4.31. The van der Waals surface area contributed by atoms with E-state index in [4.69, 9.17) is 13.9 Å². The van der Waals surface area contributed by atoms with Crippen LogP contribution in [0.4, 0.5) is 4.79 Å². The molecule has 2 aromatic rings. The third kappa shape index (κ3) is 6.44. The van der Waals surface area contributed by atoms with E-state index in [1.54, 1.807) is 24.3 Å². The van der Waals surface area contributed by atoms with Crippen molar-refractivity contribution in [2.75, 3.05) is 53.0 Å². The number of rotatable bonds is 9. The number of carbonyl (C=O) groups is 2. The minimum atomic E-state index is -0.376. The van der Waals surface area contributed by atoms with Gasteiger partial charge in [0.2, 0.25) is 0 Å². The molecule has 36 heavy (non-hydrogen) atoms. The maximum atomic E-state index is 13.6. The molecule has 2 aliphatic rings. The maximum absolute atomic E-state index is 13.6. The number of methoxy groups -OCH3 is 1. The molecule has 0 unspecified atom stereocenters. The van der Waals surface area contributed by atoms with E-state index < -0.39 is 0 Å². The Kier molecular flexibility index (Phi) is 8.61. The van der Waals surface area contributed by atoms with Gasteiger partial charge in [0.25, 0.3) is 5.91 Å². The summed E-state index contributed by atoms with van der Waals surface area (Å²) in [5.74, 6) is 1.14. The fourth-order valence-electron chi connectivity index (χ4n) is 4.31. The van der Waals surface area contributed by atoms with E-state index in [9.17, 15) is 9.59 Å². The second kappa shape index (κ2) is 12.0. The highest BCUT2D eigenvalue weighted by Gasteiger charge is 2.36. The fraction of sp³-hybridized carbons (Fsp3) is 0.500. The number of furan rings is 1. The Balaban J connectivity index is 1.52. The molecular weight excluding hydrogens is 462 g/mol. The van der Waals surface area contributed by atoms with E-state index in [2.05, 4.69) is 15.3 Å². The van der Waals surface area contributed by atoms with Gasteiger partial charge in [-0.2, -0.15) is 5.10 Å². The van der Waals surface area contributed by atoms with Crippen LogP contribution < -0.4 is 10.1 Å². The molecule has 10 heteroatoms. The summed E-state index contributed by atoms with van der Waals surface area (Å²) in [6, 6.07) is 10.6. The minimum absolute atomic E-state index is 0.0409. The van der Waals surface area contributed by atoms with Crippen LogP contribution in [0.5, 0.6) is 5.75 Å². The molecule has 1 atom stereocenters. The van der Waals surface area contributed by atoms with Gasteiger partial charge in [-0.25, -0.2) is 9.80 Å². The van der Waals surface area contributed by atoms with Crippen LogP contribution in [0.2, 0.25) is 0 Å². The lowest BCUT2D eigenvalue weighted by molar-refractivity contribution is -0.134. The molecule has 3 heterocycles. The van der Waals surface area contributed by atoms with E-state index >= 15 is 0 Å². The first-order valence-electron chi connectivity index (χ1n) is 12.4. The maximum Gasteiger partial charge on any atom is 0.318 e. The molecule has 2 aliphatic heterocycles. The van der Waals surface area contributed by atoms with Crippen LogP contribution in [0.15, 0.2) is 52.2 Å². The van der Waals surface area contributed by atoms with E-state index in [0.29, 0.717) is 38.5 Å². The van der Waals surface area contributed by atoms with Gasteiger partial charge in [-0.05, 0) is 55.8 Å². The Morgan fingerprint density at radius 3 is 2.58 bits per heavy atom. The van der Waals surface area contributed by atoms with Crippen LogP contribution in [0.1, 0.15) is 37.6 Å². The van der Waals surface area contributed by atoms with Crippen LogP contribution in [-0.2, 0) is 9.53 Å². The van der Waals surface area contributed by atoms with Gasteiger partial charge in [0.1, 0.15) is 24.1 Å². The molecule has 0 aliphatic carbocycles. The van der Waals surface area contributed by atoms with E-state index in [-0.39, 0.29) is 30.6 Å². The number of carbonyl (C=O) groups excluding carboxylic acids is 2. The second-order valence-corrected chi connectivity index (χ2v) is 9.23. The predicted molar refractivity (Wildman–Crippen MR) is 135 cm³/mol. The zero-order chi connectivity index (χ0) is 25.5. The lowest BCUT2D eigenvalue weighted by Crippen LogP contribution is -2.50. The standard InChI is InChI=1S/C26H35N5O5/c1-19(2)27-26(33)30(11-10-29-12-15-35-16-13-29)18-25(32)31-23(24-5-4-14-36-24)17-22(28-31)20-6-8-21(34-3)9-7-20/h4-9,14,19,23H,10-13,15-18H2,1-3H3,(H,27,33)/t23-/m1/s1. The molecular formula is C26H35N5O5. The van der Waals surface area contributed by atoms with Crippen molar-refractivity contribution in [2.24, 2.45) is 5.10 Å². The van der Waals surface area contributed by atoms with Crippen LogP contribution >= 0.6 is 0 Å². The van der Waals surface area contributed by atoms with E-state index in [1.165, 1.54) is 5.01 Å². The van der Waals surface area contributed by atoms with Crippen LogP contribution in [-0.4, -0.2) is 91.5 Å². The molecule has 0 saturated carbocycles. The van der Waals surface area contributed by atoms with Gasteiger partial charge in [0.15, 0.2) is 0 Å². The normalized spacial score (nSPS) is 18.3. The van der Waals surface area contributed by atoms with Crippen molar-refractivity contribution in [1.82, 2.24) is 20.1 Å². The zero-order valence-corrected chi connectivity index (χ0v) is 21.2. The molecule has 0 bridgehead atoms. The Morgan fingerprint density at radius 2 is 1.94 bits per heavy atom. The first kappa shape index (κ1) is 25.7. The average Bonchev–Trinajstić information content (AvgIpc) is 3.57. The van der Waals surface area contributed by atoms with Crippen molar-refractivity contribution in [1.29, 1.82) is 0 Å². The molecule has 4 rings (SSSR count). The van der Waals surface area contributed by atoms with Crippen molar-refractivity contribution >= 4 is 17.6 Å². The number of nitrogens with zero attached hydrogens (tertiary/aromatic N) is 4. The summed E-state index contributed by atoms with van der Waals surface area (Å²) >= 11 is 0. The van der Waals surface area contributed by atoms with Gasteiger partial charge in [0, 0.05) is 38.6 Å². The smallest absolute Gasteiger partial charge is 0.318 e. The number of hydrazone groups is 1. The summed E-state index contributed by atoms with van der Waals surface area (Å²) < 4.78 is 16.3. The number of morpholine rings is 1. The highest BCUT2D eigenvalue weighted by Crippen LogP contribution is 2.33. The average molecular weight is 498 g/mol. The molecule has 1 N–H and O–H groups in total. The summed E-state index contributed by atoms with van der Waals surface area (Å²) in [5, 5.41) is 9.07. The largest absolute Gasteiger partial charge is 0.497 e. The lowest BCUT2D eigenvalue weighted by Gasteiger charge is -2.31. The Morgan fingerprint density at radius 1 is 1.19 bits per heavy atom. The Labute approximate surface area is 211 Å². The van der Waals surface area contributed by atoms with Gasteiger partial charge in [0.05, 0.1) is 32.3 Å². The molecule has 1 saturated heterocycles. The summed E-state index contributed by atoms with van der Waals surface area (Å²) in [6.07, 6.45) is 2.10. The van der Waals surface area contributed by atoms with Gasteiger partial charge >= 0.3 is 6.03 Å². The number of nitrogens with one attached hydrogen (secondary N) is 1. The summed E-state index contributed by atoms with van der Waals surface area (Å²) in [7, 11) is 1.62. The summed E-state index contributed by atoms with van der Waals surface area (Å²) in [5.41, 5.74) is 1.68. The molecule has 1 fully saturated rings. The topological polar surface area (TPSA) is 99.9 Å². The first-order valence-corrected chi connectivity index (χ1v) is 12.4. The van der Waals surface area contributed by atoms with E-state index in [0.717, 1.165) is 30.1 Å². The number of hydrogen-bond acceptors (Lipinski definition) is 7. The van der Waals surface area contributed by atoms with Gasteiger partial charge < -0.3 is 24.1 Å². The molecule has 0 spiro atoms. The predicted octanol–water partition coefficient (Wildman–Crippen LogP) is 2.72. The van der Waals surface area contributed by atoms with Crippen molar-refractivity contribution in [2.45, 2.75) is 32.4 Å². The van der Waals surface area contributed by atoms with Crippen molar-refractivity contribution in [3.8, 4) is 5.75 Å².